The minimum atomic E-state index is -0.436. The third-order valence-corrected chi connectivity index (χ3v) is 3.62. The molecule has 0 aromatic rings. The molecule has 4 heteroatoms. The van der Waals surface area contributed by atoms with E-state index < -0.39 is 5.54 Å². The Morgan fingerprint density at radius 2 is 2.00 bits per heavy atom. The van der Waals surface area contributed by atoms with Crippen molar-refractivity contribution >= 4 is 5.91 Å². The van der Waals surface area contributed by atoms with Gasteiger partial charge in [-0.1, -0.05) is 20.8 Å². The summed E-state index contributed by atoms with van der Waals surface area (Å²) in [5.41, 5.74) is -0.264. The number of carbonyl (C=O) groups excluding carboxylic acids is 1. The highest BCUT2D eigenvalue weighted by atomic mass is 16.3. The van der Waals surface area contributed by atoms with Gasteiger partial charge >= 0.3 is 0 Å². The number of amides is 1. The van der Waals surface area contributed by atoms with Gasteiger partial charge in [0, 0.05) is 0 Å². The number of hydrogen-bond donors (Lipinski definition) is 2. The summed E-state index contributed by atoms with van der Waals surface area (Å²) >= 11 is 0. The normalized spacial score (nSPS) is 31.4. The molecular formula is C14H28N2O2. The van der Waals surface area contributed by atoms with Crippen molar-refractivity contribution in [3.63, 3.8) is 0 Å². The first-order valence-corrected chi connectivity index (χ1v) is 6.75. The third kappa shape index (κ3) is 4.25. The Balaban J connectivity index is 2.75. The van der Waals surface area contributed by atoms with E-state index in [1.807, 2.05) is 19.0 Å². The molecule has 2 atom stereocenters. The van der Waals surface area contributed by atoms with Crippen LogP contribution in [0.15, 0.2) is 0 Å². The third-order valence-electron chi connectivity index (χ3n) is 3.62. The van der Waals surface area contributed by atoms with Gasteiger partial charge in [0.1, 0.15) is 0 Å². The van der Waals surface area contributed by atoms with Gasteiger partial charge in [-0.25, -0.2) is 0 Å². The van der Waals surface area contributed by atoms with E-state index in [1.54, 1.807) is 0 Å². The highest BCUT2D eigenvalue weighted by Gasteiger charge is 2.43. The number of nitrogens with zero attached hydrogens (tertiary/aromatic N) is 1. The first-order valence-electron chi connectivity index (χ1n) is 6.75. The van der Waals surface area contributed by atoms with Crippen LogP contribution in [0.25, 0.3) is 0 Å². The first kappa shape index (κ1) is 15.4. The number of hydrogen-bond acceptors (Lipinski definition) is 3. The van der Waals surface area contributed by atoms with E-state index in [0.29, 0.717) is 12.5 Å². The second kappa shape index (κ2) is 5.57. The van der Waals surface area contributed by atoms with Crippen molar-refractivity contribution in [2.24, 2.45) is 11.3 Å². The maximum Gasteiger partial charge on any atom is 0.234 e. The Labute approximate surface area is 111 Å². The highest BCUT2D eigenvalue weighted by Crippen LogP contribution is 2.43. The van der Waals surface area contributed by atoms with Gasteiger partial charge in [0.05, 0.1) is 18.7 Å². The Kier molecular flexibility index (Phi) is 4.78. The zero-order chi connectivity index (χ0) is 14.0. The molecule has 0 saturated heterocycles. The van der Waals surface area contributed by atoms with Crippen molar-refractivity contribution in [3.8, 4) is 0 Å². The smallest absolute Gasteiger partial charge is 0.234 e. The molecule has 1 rings (SSSR count). The van der Waals surface area contributed by atoms with Gasteiger partial charge in [0.15, 0.2) is 0 Å². The van der Waals surface area contributed by atoms with Gasteiger partial charge in [-0.3, -0.25) is 4.79 Å². The molecule has 0 aromatic carbocycles. The summed E-state index contributed by atoms with van der Waals surface area (Å²) in [4.78, 5) is 13.8. The van der Waals surface area contributed by atoms with E-state index in [-0.39, 0.29) is 17.9 Å². The molecule has 0 radical (unpaired) electrons. The molecule has 1 aliphatic carbocycles. The molecule has 0 unspecified atom stereocenters. The van der Waals surface area contributed by atoms with Crippen LogP contribution >= 0.6 is 0 Å². The van der Waals surface area contributed by atoms with Crippen molar-refractivity contribution in [2.45, 2.75) is 45.6 Å². The van der Waals surface area contributed by atoms with Crippen molar-refractivity contribution in [1.82, 2.24) is 10.2 Å². The standard InChI is InChI=1S/C14H28N2O2/c1-11-6-13(2,3)9-14(7-11,10-17)15-12(18)8-16(4)5/h11,17H,6-10H2,1-5H3,(H,15,18)/t11-,14-/m1/s1. The molecule has 1 aliphatic rings. The van der Waals surface area contributed by atoms with Gasteiger partial charge in [-0.15, -0.1) is 0 Å². The van der Waals surface area contributed by atoms with E-state index in [1.165, 1.54) is 0 Å². The predicted octanol–water partition coefficient (Wildman–Crippen LogP) is 1.24. The molecule has 4 nitrogen and oxygen atoms in total. The van der Waals surface area contributed by atoms with Crippen LogP contribution in [0.4, 0.5) is 0 Å². The average molecular weight is 256 g/mol. The first-order chi connectivity index (χ1) is 8.18. The van der Waals surface area contributed by atoms with E-state index in [9.17, 15) is 9.90 Å². The Bertz CT molecular complexity index is 302. The van der Waals surface area contributed by atoms with Crippen molar-refractivity contribution in [2.75, 3.05) is 27.2 Å². The fraction of sp³-hybridized carbons (Fsp3) is 0.929. The molecule has 0 aromatic heterocycles. The molecule has 1 amide bonds. The average Bonchev–Trinajstić information content (AvgIpc) is 2.12. The zero-order valence-electron chi connectivity index (χ0n) is 12.4. The minimum absolute atomic E-state index is 0.000972. The number of rotatable bonds is 4. The quantitative estimate of drug-likeness (QED) is 0.796. The van der Waals surface area contributed by atoms with Gasteiger partial charge < -0.3 is 15.3 Å². The largest absolute Gasteiger partial charge is 0.394 e. The molecule has 1 saturated carbocycles. The maximum atomic E-state index is 11.9. The lowest BCUT2D eigenvalue weighted by Gasteiger charge is -2.47. The summed E-state index contributed by atoms with van der Waals surface area (Å²) in [5.74, 6) is 0.527. The molecule has 0 heterocycles. The number of aliphatic hydroxyl groups excluding tert-OH is 1. The lowest BCUT2D eigenvalue weighted by Crippen LogP contribution is -2.58. The Morgan fingerprint density at radius 1 is 1.39 bits per heavy atom. The molecule has 0 spiro atoms. The summed E-state index contributed by atoms with van der Waals surface area (Å²) in [6.45, 7) is 7.02. The molecule has 106 valence electrons. The van der Waals surface area contributed by atoms with Crippen LogP contribution in [0.2, 0.25) is 0 Å². The van der Waals surface area contributed by atoms with Crippen LogP contribution in [0, 0.1) is 11.3 Å². The van der Waals surface area contributed by atoms with Crippen molar-refractivity contribution in [3.05, 3.63) is 0 Å². The minimum Gasteiger partial charge on any atom is -0.394 e. The lowest BCUT2D eigenvalue weighted by atomic mass is 9.64. The van der Waals surface area contributed by atoms with Crippen LogP contribution in [-0.2, 0) is 4.79 Å². The molecule has 0 aliphatic heterocycles. The molecule has 18 heavy (non-hydrogen) atoms. The summed E-state index contributed by atoms with van der Waals surface area (Å²) in [6.07, 6.45) is 2.87. The number of likely N-dealkylation sites (N-methyl/N-ethyl adjacent to an activating group) is 1. The number of aliphatic hydroxyl groups is 1. The van der Waals surface area contributed by atoms with Crippen LogP contribution in [0.1, 0.15) is 40.0 Å². The molecular weight excluding hydrogens is 228 g/mol. The van der Waals surface area contributed by atoms with Gasteiger partial charge in [-0.2, -0.15) is 0 Å². The second-order valence-electron chi connectivity index (χ2n) is 7.08. The molecule has 0 bridgehead atoms. The number of carbonyl (C=O) groups is 1. The van der Waals surface area contributed by atoms with Crippen LogP contribution in [-0.4, -0.2) is 48.7 Å². The summed E-state index contributed by atoms with van der Waals surface area (Å²) in [7, 11) is 3.75. The Hall–Kier alpha value is -0.610. The van der Waals surface area contributed by atoms with Crippen molar-refractivity contribution in [1.29, 1.82) is 0 Å². The fourth-order valence-corrected chi connectivity index (χ4v) is 3.62. The van der Waals surface area contributed by atoms with Gasteiger partial charge in [-0.05, 0) is 44.7 Å². The summed E-state index contributed by atoms with van der Waals surface area (Å²) in [5, 5.41) is 12.8. The second-order valence-corrected chi connectivity index (χ2v) is 7.08. The maximum absolute atomic E-state index is 11.9. The van der Waals surface area contributed by atoms with Gasteiger partial charge in [0.25, 0.3) is 0 Å². The van der Waals surface area contributed by atoms with E-state index in [2.05, 4.69) is 26.1 Å². The molecule has 1 fully saturated rings. The fourth-order valence-electron chi connectivity index (χ4n) is 3.62. The van der Waals surface area contributed by atoms with Crippen LogP contribution in [0.5, 0.6) is 0 Å². The van der Waals surface area contributed by atoms with E-state index >= 15 is 0 Å². The van der Waals surface area contributed by atoms with E-state index in [0.717, 1.165) is 19.3 Å². The van der Waals surface area contributed by atoms with Crippen molar-refractivity contribution < 1.29 is 9.90 Å². The topological polar surface area (TPSA) is 52.6 Å². The Morgan fingerprint density at radius 3 is 2.44 bits per heavy atom. The van der Waals surface area contributed by atoms with Crippen LogP contribution < -0.4 is 5.32 Å². The molecule has 2 N–H and O–H groups in total. The predicted molar refractivity (Wildman–Crippen MR) is 73.3 cm³/mol. The summed E-state index contributed by atoms with van der Waals surface area (Å²) in [6, 6.07) is 0. The lowest BCUT2D eigenvalue weighted by molar-refractivity contribution is -0.125. The zero-order valence-corrected chi connectivity index (χ0v) is 12.4. The van der Waals surface area contributed by atoms with Gasteiger partial charge in [0.2, 0.25) is 5.91 Å². The SMILES string of the molecule is C[C@@H]1CC(C)(C)C[C@](CO)(NC(=O)CN(C)C)C1. The number of nitrogens with one attached hydrogen (secondary N) is 1. The van der Waals surface area contributed by atoms with Crippen LogP contribution in [0.3, 0.4) is 0 Å². The summed E-state index contributed by atoms with van der Waals surface area (Å²) < 4.78 is 0. The monoisotopic (exact) mass is 256 g/mol. The highest BCUT2D eigenvalue weighted by molar-refractivity contribution is 5.78. The van der Waals surface area contributed by atoms with E-state index in [4.69, 9.17) is 0 Å².